The molecule has 3 aromatic rings. The van der Waals surface area contributed by atoms with E-state index in [1.165, 1.54) is 31.3 Å². The Labute approximate surface area is 232 Å². The van der Waals surface area contributed by atoms with Gasteiger partial charge in [-0.05, 0) is 61.1 Å². The average molecular weight is 595 g/mol. The van der Waals surface area contributed by atoms with Gasteiger partial charge in [-0.3, -0.25) is 5.01 Å². The molecule has 38 heavy (non-hydrogen) atoms. The van der Waals surface area contributed by atoms with E-state index in [4.69, 9.17) is 28.3 Å². The van der Waals surface area contributed by atoms with Gasteiger partial charge < -0.3 is 5.32 Å². The van der Waals surface area contributed by atoms with Crippen LogP contribution in [0.15, 0.2) is 93.3 Å². The summed E-state index contributed by atoms with van der Waals surface area (Å²) in [5.74, 6) is -0.330. The Morgan fingerprint density at radius 1 is 0.947 bits per heavy atom. The van der Waals surface area contributed by atoms with E-state index in [1.54, 1.807) is 17.1 Å². The van der Waals surface area contributed by atoms with E-state index < -0.39 is 20.0 Å². The van der Waals surface area contributed by atoms with Gasteiger partial charge in [-0.2, -0.15) is 13.5 Å². The second-order valence-electron chi connectivity index (χ2n) is 8.32. The number of nitrogens with zero attached hydrogens (tertiary/aromatic N) is 3. The van der Waals surface area contributed by atoms with Crippen molar-refractivity contribution in [2.45, 2.75) is 17.4 Å². The molecule has 0 radical (unpaired) electrons. The van der Waals surface area contributed by atoms with Crippen molar-refractivity contribution in [2.75, 3.05) is 24.4 Å². The molecule has 0 amide bonds. The van der Waals surface area contributed by atoms with Gasteiger partial charge in [-0.15, -0.1) is 4.40 Å². The number of rotatable bonds is 9. The molecule has 4 rings (SSSR count). The first-order valence-corrected chi connectivity index (χ1v) is 15.4. The molecule has 1 unspecified atom stereocenters. The van der Waals surface area contributed by atoms with Gasteiger partial charge in [0.1, 0.15) is 5.71 Å². The van der Waals surface area contributed by atoms with Crippen LogP contribution in [0.25, 0.3) is 0 Å². The van der Waals surface area contributed by atoms with Crippen LogP contribution in [0.5, 0.6) is 0 Å². The minimum Gasteiger partial charge on any atom is -0.367 e. The minimum atomic E-state index is -4.17. The zero-order valence-corrected chi connectivity index (χ0v) is 23.4. The number of amidine groups is 1. The quantitative estimate of drug-likeness (QED) is 0.283. The van der Waals surface area contributed by atoms with Crippen molar-refractivity contribution in [3.8, 4) is 0 Å². The molecular weight excluding hydrogens is 569 g/mol. The number of anilines is 1. The second-order valence-corrected chi connectivity index (χ2v) is 12.8. The highest BCUT2D eigenvalue weighted by Gasteiger charge is 2.32. The smallest absolute Gasteiger partial charge is 0.284 e. The molecule has 200 valence electrons. The van der Waals surface area contributed by atoms with Crippen molar-refractivity contribution >= 4 is 60.5 Å². The summed E-state index contributed by atoms with van der Waals surface area (Å²) in [4.78, 5) is -0.0585. The van der Waals surface area contributed by atoms with Gasteiger partial charge in [0.25, 0.3) is 10.0 Å². The van der Waals surface area contributed by atoms with Crippen LogP contribution in [0.1, 0.15) is 18.0 Å². The van der Waals surface area contributed by atoms with Gasteiger partial charge in [0, 0.05) is 23.0 Å². The van der Waals surface area contributed by atoms with Crippen LogP contribution < -0.4 is 15.0 Å². The Morgan fingerprint density at radius 3 is 2.16 bits per heavy atom. The van der Waals surface area contributed by atoms with Gasteiger partial charge in [0.2, 0.25) is 10.0 Å². The van der Waals surface area contributed by atoms with Crippen LogP contribution in [-0.4, -0.2) is 47.7 Å². The molecule has 0 spiro atoms. The number of benzene rings is 3. The monoisotopic (exact) mass is 593 g/mol. The van der Waals surface area contributed by atoms with Crippen LogP contribution >= 0.6 is 23.2 Å². The summed E-state index contributed by atoms with van der Waals surface area (Å²) >= 11 is 12.0. The van der Waals surface area contributed by atoms with Crippen molar-refractivity contribution in [3.63, 3.8) is 0 Å². The summed E-state index contributed by atoms with van der Waals surface area (Å²) in [7, 11) is -6.40. The molecule has 1 heterocycles. The van der Waals surface area contributed by atoms with Crippen LogP contribution in [0.4, 0.5) is 5.69 Å². The standard InChI is InChI=1S/C25H25Cl2N5O4S2/c1-28-37(33,34)16-15-29-25(31-38(35,36)22-13-9-20(27)10-14-22)23-17-24(18-5-3-2-4-6-18)32(30-23)21-11-7-19(26)8-12-21/h2-14,24,28H,15-17H2,1H3,(H,29,31). The molecule has 0 aliphatic carbocycles. The molecule has 0 bridgehead atoms. The van der Waals surface area contributed by atoms with Crippen molar-refractivity contribution in [2.24, 2.45) is 9.50 Å². The molecular formula is C25H25Cl2N5O4S2. The molecule has 3 aromatic carbocycles. The lowest BCUT2D eigenvalue weighted by Gasteiger charge is -2.24. The summed E-state index contributed by atoms with van der Waals surface area (Å²) in [6, 6.07) is 22.1. The Bertz CT molecular complexity index is 1550. The molecule has 1 aliphatic rings. The number of hydrogen-bond donors (Lipinski definition) is 2. The molecule has 0 saturated heterocycles. The maximum Gasteiger partial charge on any atom is 0.284 e. The summed E-state index contributed by atoms with van der Waals surface area (Å²) in [5, 5.41) is 10.4. The van der Waals surface area contributed by atoms with Gasteiger partial charge in [-0.25, -0.2) is 13.1 Å². The molecule has 2 N–H and O–H groups in total. The highest BCUT2D eigenvalue weighted by atomic mass is 35.5. The summed E-state index contributed by atoms with van der Waals surface area (Å²) < 4.78 is 56.6. The molecule has 0 fully saturated rings. The van der Waals surface area contributed by atoms with Crippen LogP contribution in [0, 0.1) is 0 Å². The fourth-order valence-electron chi connectivity index (χ4n) is 3.79. The van der Waals surface area contributed by atoms with E-state index >= 15 is 0 Å². The lowest BCUT2D eigenvalue weighted by atomic mass is 10.0. The number of hydrogen-bond acceptors (Lipinski definition) is 6. The van der Waals surface area contributed by atoms with Crippen molar-refractivity contribution in [1.29, 1.82) is 0 Å². The van der Waals surface area contributed by atoms with Crippen molar-refractivity contribution in [3.05, 3.63) is 94.5 Å². The van der Waals surface area contributed by atoms with Gasteiger partial charge >= 0.3 is 0 Å². The highest BCUT2D eigenvalue weighted by Crippen LogP contribution is 2.36. The first kappa shape index (κ1) is 28.1. The van der Waals surface area contributed by atoms with Gasteiger partial charge in [0.05, 0.1) is 22.4 Å². The van der Waals surface area contributed by atoms with Crippen molar-refractivity contribution in [1.82, 2.24) is 10.0 Å². The van der Waals surface area contributed by atoms with E-state index in [2.05, 4.69) is 14.4 Å². The number of hydrazone groups is 1. The Morgan fingerprint density at radius 2 is 1.55 bits per heavy atom. The fourth-order valence-corrected chi connectivity index (χ4v) is 5.61. The number of halogens is 2. The molecule has 0 saturated carbocycles. The maximum atomic E-state index is 13.2. The maximum absolute atomic E-state index is 13.2. The molecule has 13 heteroatoms. The largest absolute Gasteiger partial charge is 0.367 e. The third-order valence-corrected chi connectivity index (χ3v) is 8.91. The van der Waals surface area contributed by atoms with E-state index in [1.807, 2.05) is 42.5 Å². The van der Waals surface area contributed by atoms with Crippen LogP contribution in [0.3, 0.4) is 0 Å². The molecule has 1 aliphatic heterocycles. The second kappa shape index (κ2) is 11.8. The third kappa shape index (κ3) is 6.91. The van der Waals surface area contributed by atoms with E-state index in [-0.39, 0.29) is 29.1 Å². The zero-order valence-electron chi connectivity index (χ0n) is 20.3. The number of nitrogens with one attached hydrogen (secondary N) is 2. The van der Waals surface area contributed by atoms with Crippen LogP contribution in [0.2, 0.25) is 10.0 Å². The predicted octanol–water partition coefficient (Wildman–Crippen LogP) is 4.23. The third-order valence-electron chi connectivity index (χ3n) is 5.76. The Balaban J connectivity index is 1.75. The molecule has 0 aromatic heterocycles. The lowest BCUT2D eigenvalue weighted by Crippen LogP contribution is -2.37. The molecule has 9 nitrogen and oxygen atoms in total. The summed E-state index contributed by atoms with van der Waals surface area (Å²) in [6.07, 6.45) is 0.313. The van der Waals surface area contributed by atoms with Crippen molar-refractivity contribution < 1.29 is 16.8 Å². The first-order valence-electron chi connectivity index (χ1n) is 11.5. The summed E-state index contributed by atoms with van der Waals surface area (Å²) in [6.45, 7) is -0.0892. The average Bonchev–Trinajstić information content (AvgIpc) is 3.35. The fraction of sp³-hybridized carbons (Fsp3) is 0.200. The predicted molar refractivity (Wildman–Crippen MR) is 152 cm³/mol. The minimum absolute atomic E-state index is 0.0383. The SMILES string of the molecule is CNS(=O)(=O)CCNC(=NS(=O)(=O)c1ccc(Cl)cc1)C1=NN(c2ccc(Cl)cc2)C(c2ccccc2)C1. The topological polar surface area (TPSA) is 120 Å². The van der Waals surface area contributed by atoms with Crippen LogP contribution in [-0.2, 0) is 20.0 Å². The normalized spacial score (nSPS) is 16.4. The highest BCUT2D eigenvalue weighted by molar-refractivity contribution is 7.90. The lowest BCUT2D eigenvalue weighted by molar-refractivity contribution is 0.587. The van der Waals surface area contributed by atoms with Gasteiger partial charge in [-0.1, -0.05) is 53.5 Å². The summed E-state index contributed by atoms with van der Waals surface area (Å²) in [5.41, 5.74) is 2.06. The first-order chi connectivity index (χ1) is 18.1. The van der Waals surface area contributed by atoms with E-state index in [0.29, 0.717) is 22.2 Å². The Hall–Kier alpha value is -2.96. The van der Waals surface area contributed by atoms with E-state index in [9.17, 15) is 16.8 Å². The Kier molecular flexibility index (Phi) is 8.74. The zero-order chi connectivity index (χ0) is 27.3. The van der Waals surface area contributed by atoms with E-state index in [0.717, 1.165) is 11.3 Å². The molecule has 1 atom stereocenters. The number of sulfonamides is 2. The van der Waals surface area contributed by atoms with Gasteiger partial charge in [0.15, 0.2) is 5.84 Å².